The van der Waals surface area contributed by atoms with Gasteiger partial charge in [0.25, 0.3) is 0 Å². The fraction of sp³-hybridized carbons (Fsp3) is 0.714. The Hall–Kier alpha value is -0.840. The first-order chi connectivity index (χ1) is 8.31. The zero-order valence-corrected chi connectivity index (χ0v) is 11.8. The predicted octanol–water partition coefficient (Wildman–Crippen LogP) is 2.13. The van der Waals surface area contributed by atoms with Crippen LogP contribution in [0.15, 0.2) is 16.7 Å². The van der Waals surface area contributed by atoms with Crippen LogP contribution in [0.3, 0.4) is 0 Å². The highest BCUT2D eigenvalue weighted by molar-refractivity contribution is 5.17. The molecule has 0 aliphatic carbocycles. The molecule has 1 aliphatic heterocycles. The van der Waals surface area contributed by atoms with E-state index in [0.717, 1.165) is 25.4 Å². The van der Waals surface area contributed by atoms with Gasteiger partial charge in [-0.25, -0.2) is 0 Å². The van der Waals surface area contributed by atoms with Crippen molar-refractivity contribution in [3.63, 3.8) is 0 Å². The minimum Gasteiger partial charge on any atom is -0.468 e. The first kappa shape index (κ1) is 13.6. The second kappa shape index (κ2) is 4.68. The molecule has 0 atom stereocenters. The Balaban J connectivity index is 2.09. The van der Waals surface area contributed by atoms with Crippen molar-refractivity contribution in [2.45, 2.75) is 52.0 Å². The van der Waals surface area contributed by atoms with Gasteiger partial charge in [0.2, 0.25) is 0 Å². The molecule has 0 radical (unpaired) electrons. The number of furan rings is 1. The molecule has 18 heavy (non-hydrogen) atoms. The highest BCUT2D eigenvalue weighted by atomic mass is 16.5. The monoisotopic (exact) mass is 252 g/mol. The summed E-state index contributed by atoms with van der Waals surface area (Å²) in [5, 5.41) is 0. The second-order valence-corrected chi connectivity index (χ2v) is 6.34. The molecule has 0 saturated carbocycles. The van der Waals surface area contributed by atoms with Crippen LogP contribution in [0.1, 0.15) is 39.0 Å². The molecule has 102 valence electrons. The van der Waals surface area contributed by atoms with Crippen LogP contribution in [-0.2, 0) is 17.8 Å². The maximum atomic E-state index is 6.08. The van der Waals surface area contributed by atoms with E-state index in [-0.39, 0.29) is 11.2 Å². The molecular weight excluding hydrogens is 228 g/mol. The van der Waals surface area contributed by atoms with Gasteiger partial charge < -0.3 is 14.9 Å². The molecule has 2 heterocycles. The van der Waals surface area contributed by atoms with Gasteiger partial charge in [-0.15, -0.1) is 0 Å². The summed E-state index contributed by atoms with van der Waals surface area (Å²) in [4.78, 5) is 2.41. The summed E-state index contributed by atoms with van der Waals surface area (Å²) >= 11 is 0. The lowest BCUT2D eigenvalue weighted by molar-refractivity contribution is -0.182. The number of nitrogens with two attached hydrogens (primary N) is 1. The number of rotatable bonds is 3. The number of nitrogens with zero attached hydrogens (tertiary/aromatic N) is 1. The summed E-state index contributed by atoms with van der Waals surface area (Å²) < 4.78 is 11.5. The van der Waals surface area contributed by atoms with Gasteiger partial charge in [0.1, 0.15) is 5.76 Å². The highest BCUT2D eigenvalue weighted by Gasteiger charge is 2.38. The molecule has 0 amide bonds. The number of ether oxygens (including phenoxy) is 1. The van der Waals surface area contributed by atoms with Gasteiger partial charge in [0, 0.05) is 25.2 Å². The van der Waals surface area contributed by atoms with Gasteiger partial charge in [-0.3, -0.25) is 4.90 Å². The first-order valence-electron chi connectivity index (χ1n) is 6.49. The molecule has 1 aliphatic rings. The summed E-state index contributed by atoms with van der Waals surface area (Å²) in [5.41, 5.74) is 6.62. The van der Waals surface area contributed by atoms with Gasteiger partial charge in [0.15, 0.2) is 0 Å². The van der Waals surface area contributed by atoms with Gasteiger partial charge in [-0.05, 0) is 33.8 Å². The van der Waals surface area contributed by atoms with E-state index in [0.29, 0.717) is 6.54 Å². The average molecular weight is 252 g/mol. The van der Waals surface area contributed by atoms with E-state index in [4.69, 9.17) is 14.9 Å². The zero-order chi connectivity index (χ0) is 13.4. The van der Waals surface area contributed by atoms with E-state index in [1.54, 1.807) is 6.26 Å². The summed E-state index contributed by atoms with van der Waals surface area (Å²) in [5.74, 6) is 0.886. The van der Waals surface area contributed by atoms with Gasteiger partial charge in [0.05, 0.1) is 24.0 Å². The largest absolute Gasteiger partial charge is 0.468 e. The lowest BCUT2D eigenvalue weighted by atomic mass is 9.98. The molecule has 4 nitrogen and oxygen atoms in total. The Bertz CT molecular complexity index is 394. The van der Waals surface area contributed by atoms with Crippen molar-refractivity contribution in [1.29, 1.82) is 0 Å². The van der Waals surface area contributed by atoms with Gasteiger partial charge in [-0.2, -0.15) is 0 Å². The van der Waals surface area contributed by atoms with Crippen LogP contribution in [-0.4, -0.2) is 29.2 Å². The lowest BCUT2D eigenvalue weighted by Gasteiger charge is -2.47. The SMILES string of the molecule is CC1(C)CN(Cc2ccoc2CN)CC(C)(C)O1. The maximum absolute atomic E-state index is 6.08. The van der Waals surface area contributed by atoms with Crippen LogP contribution in [0.5, 0.6) is 0 Å². The van der Waals surface area contributed by atoms with Crippen molar-refractivity contribution >= 4 is 0 Å². The van der Waals surface area contributed by atoms with E-state index >= 15 is 0 Å². The normalized spacial score (nSPS) is 23.2. The Kier molecular flexibility index (Phi) is 3.54. The Morgan fingerprint density at radius 2 is 1.83 bits per heavy atom. The van der Waals surface area contributed by atoms with Crippen molar-refractivity contribution < 1.29 is 9.15 Å². The lowest BCUT2D eigenvalue weighted by Crippen LogP contribution is -2.56. The molecule has 1 saturated heterocycles. The predicted molar refractivity (Wildman–Crippen MR) is 71.1 cm³/mol. The van der Waals surface area contributed by atoms with E-state index in [1.807, 2.05) is 6.07 Å². The third kappa shape index (κ3) is 3.13. The minimum absolute atomic E-state index is 0.117. The molecule has 0 unspecified atom stereocenters. The van der Waals surface area contributed by atoms with Crippen LogP contribution in [0.2, 0.25) is 0 Å². The second-order valence-electron chi connectivity index (χ2n) is 6.34. The maximum Gasteiger partial charge on any atom is 0.121 e. The number of hydrogen-bond acceptors (Lipinski definition) is 4. The zero-order valence-electron chi connectivity index (χ0n) is 11.8. The fourth-order valence-corrected chi connectivity index (χ4v) is 2.99. The molecule has 1 aromatic heterocycles. The minimum atomic E-state index is -0.117. The van der Waals surface area contributed by atoms with Crippen LogP contribution >= 0.6 is 0 Å². The van der Waals surface area contributed by atoms with Crippen molar-refractivity contribution in [3.8, 4) is 0 Å². The van der Waals surface area contributed by atoms with E-state index in [2.05, 4.69) is 32.6 Å². The summed E-state index contributed by atoms with van der Waals surface area (Å²) in [7, 11) is 0. The van der Waals surface area contributed by atoms with Crippen LogP contribution < -0.4 is 5.73 Å². The van der Waals surface area contributed by atoms with Gasteiger partial charge >= 0.3 is 0 Å². The summed E-state index contributed by atoms with van der Waals surface area (Å²) in [6.45, 7) is 11.7. The van der Waals surface area contributed by atoms with Crippen molar-refractivity contribution in [2.75, 3.05) is 13.1 Å². The molecule has 0 aromatic carbocycles. The third-order valence-electron chi connectivity index (χ3n) is 3.18. The van der Waals surface area contributed by atoms with Crippen LogP contribution in [0, 0.1) is 0 Å². The standard InChI is InChI=1S/C14H24N2O2/c1-13(2)9-16(10-14(3,4)18-13)8-11-5-6-17-12(11)7-15/h5-6H,7-10,15H2,1-4H3. The molecule has 0 spiro atoms. The third-order valence-corrected chi connectivity index (χ3v) is 3.18. The smallest absolute Gasteiger partial charge is 0.121 e. The van der Waals surface area contributed by atoms with E-state index in [9.17, 15) is 0 Å². The number of hydrogen-bond donors (Lipinski definition) is 1. The molecule has 2 rings (SSSR count). The molecular formula is C14H24N2O2. The quantitative estimate of drug-likeness (QED) is 0.895. The Morgan fingerprint density at radius 3 is 2.39 bits per heavy atom. The molecule has 0 bridgehead atoms. The highest BCUT2D eigenvalue weighted by Crippen LogP contribution is 2.29. The van der Waals surface area contributed by atoms with E-state index in [1.165, 1.54) is 5.56 Å². The first-order valence-corrected chi connectivity index (χ1v) is 6.49. The van der Waals surface area contributed by atoms with E-state index < -0.39 is 0 Å². The van der Waals surface area contributed by atoms with Crippen molar-refractivity contribution in [1.82, 2.24) is 4.90 Å². The van der Waals surface area contributed by atoms with Crippen LogP contribution in [0.4, 0.5) is 0 Å². The number of morpholine rings is 1. The van der Waals surface area contributed by atoms with Gasteiger partial charge in [-0.1, -0.05) is 0 Å². The summed E-state index contributed by atoms with van der Waals surface area (Å²) in [6, 6.07) is 2.01. The van der Waals surface area contributed by atoms with Crippen molar-refractivity contribution in [3.05, 3.63) is 23.7 Å². The Labute approximate surface area is 109 Å². The fourth-order valence-electron chi connectivity index (χ4n) is 2.99. The Morgan fingerprint density at radius 1 is 1.22 bits per heavy atom. The molecule has 1 aromatic rings. The summed E-state index contributed by atoms with van der Waals surface area (Å²) in [6.07, 6.45) is 1.72. The molecule has 2 N–H and O–H groups in total. The average Bonchev–Trinajstić information content (AvgIpc) is 2.59. The van der Waals surface area contributed by atoms with Crippen molar-refractivity contribution in [2.24, 2.45) is 5.73 Å². The molecule has 1 fully saturated rings. The topological polar surface area (TPSA) is 51.6 Å². The van der Waals surface area contributed by atoms with Crippen LogP contribution in [0.25, 0.3) is 0 Å². The molecule has 4 heteroatoms.